The van der Waals surface area contributed by atoms with Crippen molar-refractivity contribution in [2.45, 2.75) is 33.1 Å². The summed E-state index contributed by atoms with van der Waals surface area (Å²) in [6.07, 6.45) is 4.93. The Hall–Kier alpha value is -1.32. The van der Waals surface area contributed by atoms with E-state index >= 15 is 0 Å². The topological polar surface area (TPSA) is 55.0 Å². The number of nitrogens with zero attached hydrogens (tertiary/aromatic N) is 3. The highest BCUT2D eigenvalue weighted by Gasteiger charge is 2.33. The van der Waals surface area contributed by atoms with Gasteiger partial charge < -0.3 is 10.6 Å². The Morgan fingerprint density at radius 2 is 2.18 bits per heavy atom. The summed E-state index contributed by atoms with van der Waals surface area (Å²) in [5.74, 6) is 3.34. The predicted octanol–water partition coefficient (Wildman–Crippen LogP) is 2.10. The maximum atomic E-state index is 5.94. The first-order valence-electron chi connectivity index (χ1n) is 6.44. The fourth-order valence-electron chi connectivity index (χ4n) is 2.33. The number of aromatic nitrogens is 2. The third-order valence-corrected chi connectivity index (χ3v) is 3.60. The number of hydrogen-bond acceptors (Lipinski definition) is 4. The summed E-state index contributed by atoms with van der Waals surface area (Å²) >= 11 is 0. The van der Waals surface area contributed by atoms with E-state index in [1.54, 1.807) is 6.33 Å². The third kappa shape index (κ3) is 2.68. The fourth-order valence-corrected chi connectivity index (χ4v) is 2.33. The molecule has 1 saturated carbocycles. The van der Waals surface area contributed by atoms with Crippen molar-refractivity contribution in [2.75, 3.05) is 24.2 Å². The van der Waals surface area contributed by atoms with Crippen LogP contribution < -0.4 is 10.6 Å². The molecule has 0 saturated heterocycles. The number of rotatable bonds is 5. The van der Waals surface area contributed by atoms with Crippen LogP contribution in [0.15, 0.2) is 6.33 Å². The van der Waals surface area contributed by atoms with Gasteiger partial charge in [-0.25, -0.2) is 9.97 Å². The normalized spacial score (nSPS) is 22.5. The Balaban J connectivity index is 2.15. The molecule has 17 heavy (non-hydrogen) atoms. The third-order valence-electron chi connectivity index (χ3n) is 3.60. The lowest BCUT2D eigenvalue weighted by Gasteiger charge is -2.21. The van der Waals surface area contributed by atoms with Gasteiger partial charge in [0, 0.05) is 19.2 Å². The van der Waals surface area contributed by atoms with E-state index in [2.05, 4.69) is 35.8 Å². The van der Waals surface area contributed by atoms with E-state index < -0.39 is 0 Å². The minimum Gasteiger partial charge on any atom is -0.383 e. The zero-order valence-electron chi connectivity index (χ0n) is 11.0. The van der Waals surface area contributed by atoms with Crippen molar-refractivity contribution in [3.63, 3.8) is 0 Å². The minimum atomic E-state index is 0.632. The van der Waals surface area contributed by atoms with Crippen LogP contribution in [0.4, 0.5) is 11.6 Å². The molecule has 0 radical (unpaired) electrons. The van der Waals surface area contributed by atoms with Gasteiger partial charge in [0.1, 0.15) is 18.0 Å². The molecule has 1 fully saturated rings. The van der Waals surface area contributed by atoms with Crippen molar-refractivity contribution in [3.8, 4) is 0 Å². The van der Waals surface area contributed by atoms with Gasteiger partial charge in [-0.15, -0.1) is 0 Å². The summed E-state index contributed by atoms with van der Waals surface area (Å²) in [6.45, 7) is 5.54. The van der Waals surface area contributed by atoms with Crippen LogP contribution in [0.25, 0.3) is 0 Å². The van der Waals surface area contributed by atoms with Crippen LogP contribution in [0, 0.1) is 11.8 Å². The quantitative estimate of drug-likeness (QED) is 0.847. The Morgan fingerprint density at radius 1 is 1.47 bits per heavy atom. The second-order valence-corrected chi connectivity index (χ2v) is 5.16. The molecule has 2 N–H and O–H groups in total. The largest absolute Gasteiger partial charge is 0.383 e. The van der Waals surface area contributed by atoms with Crippen molar-refractivity contribution in [2.24, 2.45) is 11.8 Å². The lowest BCUT2D eigenvalue weighted by atomic mass is 10.1. The summed E-state index contributed by atoms with van der Waals surface area (Å²) in [4.78, 5) is 10.7. The zero-order chi connectivity index (χ0) is 12.4. The molecule has 2 rings (SSSR count). The summed E-state index contributed by atoms with van der Waals surface area (Å²) in [5, 5.41) is 0. The summed E-state index contributed by atoms with van der Waals surface area (Å²) in [6, 6.07) is 0. The molecule has 0 aromatic carbocycles. The first-order valence-corrected chi connectivity index (χ1v) is 6.44. The molecule has 2 atom stereocenters. The number of hydrogen-bond donors (Lipinski definition) is 1. The van der Waals surface area contributed by atoms with Crippen LogP contribution in [0.1, 0.15) is 32.3 Å². The maximum absolute atomic E-state index is 5.94. The van der Waals surface area contributed by atoms with E-state index in [1.807, 2.05) is 0 Å². The highest BCUT2D eigenvalue weighted by molar-refractivity contribution is 5.56. The van der Waals surface area contributed by atoms with Gasteiger partial charge in [-0.05, 0) is 24.7 Å². The van der Waals surface area contributed by atoms with Gasteiger partial charge >= 0.3 is 0 Å². The summed E-state index contributed by atoms with van der Waals surface area (Å²) in [5.41, 5.74) is 7.04. The second-order valence-electron chi connectivity index (χ2n) is 5.16. The van der Waals surface area contributed by atoms with E-state index in [4.69, 9.17) is 5.73 Å². The fraction of sp³-hybridized carbons (Fsp3) is 0.692. The monoisotopic (exact) mass is 234 g/mol. The second kappa shape index (κ2) is 4.90. The standard InChI is InChI=1S/C13H22N4/c1-4-5-11-12(14)15-8-16-13(11)17(3)7-10-6-9(10)2/h8-10H,4-7H2,1-3H3,(H2,14,15,16). The SMILES string of the molecule is CCCc1c(N)ncnc1N(C)CC1CC1C. The Bertz CT molecular complexity index is 391. The van der Waals surface area contributed by atoms with Crippen molar-refractivity contribution in [3.05, 3.63) is 11.9 Å². The van der Waals surface area contributed by atoms with Crippen LogP contribution in [0.5, 0.6) is 0 Å². The minimum absolute atomic E-state index is 0.632. The van der Waals surface area contributed by atoms with Crippen LogP contribution in [-0.2, 0) is 6.42 Å². The zero-order valence-corrected chi connectivity index (χ0v) is 11.0. The molecule has 1 aromatic heterocycles. The van der Waals surface area contributed by atoms with Gasteiger partial charge in [-0.2, -0.15) is 0 Å². The molecule has 1 heterocycles. The van der Waals surface area contributed by atoms with Crippen molar-refractivity contribution < 1.29 is 0 Å². The van der Waals surface area contributed by atoms with Gasteiger partial charge in [-0.1, -0.05) is 20.3 Å². The van der Waals surface area contributed by atoms with Crippen LogP contribution in [0.2, 0.25) is 0 Å². The molecule has 2 unspecified atom stereocenters. The average Bonchev–Trinajstić information content (AvgIpc) is 2.97. The van der Waals surface area contributed by atoms with Crippen LogP contribution >= 0.6 is 0 Å². The van der Waals surface area contributed by atoms with E-state index in [9.17, 15) is 0 Å². The molecule has 0 amide bonds. The van der Waals surface area contributed by atoms with E-state index in [1.165, 1.54) is 6.42 Å². The molecule has 0 aliphatic heterocycles. The number of anilines is 2. The highest BCUT2D eigenvalue weighted by atomic mass is 15.2. The molecule has 1 aliphatic carbocycles. The lowest BCUT2D eigenvalue weighted by Crippen LogP contribution is -2.23. The molecular weight excluding hydrogens is 212 g/mol. The summed E-state index contributed by atoms with van der Waals surface area (Å²) < 4.78 is 0. The van der Waals surface area contributed by atoms with Crippen molar-refractivity contribution in [1.29, 1.82) is 0 Å². The molecule has 94 valence electrons. The van der Waals surface area contributed by atoms with Crippen molar-refractivity contribution >= 4 is 11.6 Å². The summed E-state index contributed by atoms with van der Waals surface area (Å²) in [7, 11) is 2.10. The number of nitrogens with two attached hydrogens (primary N) is 1. The Morgan fingerprint density at radius 3 is 2.76 bits per heavy atom. The van der Waals surface area contributed by atoms with Gasteiger partial charge in [0.25, 0.3) is 0 Å². The maximum Gasteiger partial charge on any atom is 0.137 e. The van der Waals surface area contributed by atoms with Gasteiger partial charge in [0.05, 0.1) is 0 Å². The first kappa shape index (κ1) is 12.1. The smallest absolute Gasteiger partial charge is 0.137 e. The molecular formula is C13H22N4. The molecule has 4 nitrogen and oxygen atoms in total. The first-order chi connectivity index (χ1) is 8.13. The van der Waals surface area contributed by atoms with Crippen LogP contribution in [0.3, 0.4) is 0 Å². The van der Waals surface area contributed by atoms with Crippen LogP contribution in [-0.4, -0.2) is 23.6 Å². The van der Waals surface area contributed by atoms with Gasteiger partial charge in [-0.3, -0.25) is 0 Å². The molecule has 0 spiro atoms. The van der Waals surface area contributed by atoms with E-state index in [0.717, 1.165) is 42.6 Å². The molecule has 4 heteroatoms. The van der Waals surface area contributed by atoms with Crippen molar-refractivity contribution in [1.82, 2.24) is 9.97 Å². The molecule has 1 aliphatic rings. The molecule has 0 bridgehead atoms. The predicted molar refractivity (Wildman–Crippen MR) is 71.0 cm³/mol. The van der Waals surface area contributed by atoms with E-state index in [-0.39, 0.29) is 0 Å². The van der Waals surface area contributed by atoms with Gasteiger partial charge in [0.15, 0.2) is 0 Å². The average molecular weight is 234 g/mol. The number of nitrogen functional groups attached to an aromatic ring is 1. The highest BCUT2D eigenvalue weighted by Crippen LogP contribution is 2.39. The molecule has 1 aromatic rings. The Labute approximate surface area is 103 Å². The Kier molecular flexibility index (Phi) is 3.50. The van der Waals surface area contributed by atoms with Gasteiger partial charge in [0.2, 0.25) is 0 Å². The van der Waals surface area contributed by atoms with E-state index in [0.29, 0.717) is 5.82 Å². The lowest BCUT2D eigenvalue weighted by molar-refractivity contribution is 0.714.